The second kappa shape index (κ2) is 5.34. The maximum atomic E-state index is 12.6. The quantitative estimate of drug-likeness (QED) is 0.578. The molecule has 0 N–H and O–H groups in total. The number of rotatable bonds is 3. The van der Waals surface area contributed by atoms with Crippen molar-refractivity contribution in [2.24, 2.45) is 40.9 Å². The van der Waals surface area contributed by atoms with E-state index in [1.807, 2.05) is 0 Å². The van der Waals surface area contributed by atoms with Crippen molar-refractivity contribution in [1.82, 2.24) is 0 Å². The highest BCUT2D eigenvalue weighted by Gasteiger charge is 2.66. The summed E-state index contributed by atoms with van der Waals surface area (Å²) in [6.07, 6.45) is 9.16. The molecule has 2 bridgehead atoms. The molecule has 23 heavy (non-hydrogen) atoms. The molecule has 0 aromatic heterocycles. The number of ether oxygens (including phenoxy) is 2. The van der Waals surface area contributed by atoms with Crippen molar-refractivity contribution in [3.05, 3.63) is 12.2 Å². The summed E-state index contributed by atoms with van der Waals surface area (Å²) in [5, 5.41) is 0. The average molecular weight is 318 g/mol. The van der Waals surface area contributed by atoms with Crippen molar-refractivity contribution < 1.29 is 14.3 Å². The van der Waals surface area contributed by atoms with E-state index in [9.17, 15) is 4.79 Å². The summed E-state index contributed by atoms with van der Waals surface area (Å²) in [4.78, 5) is 12.6. The molecule has 0 unspecified atom stereocenters. The smallest absolute Gasteiger partial charge is 0.315 e. The van der Waals surface area contributed by atoms with Gasteiger partial charge in [-0.3, -0.25) is 4.79 Å². The lowest BCUT2D eigenvalue weighted by molar-refractivity contribution is -0.198. The van der Waals surface area contributed by atoms with Crippen LogP contribution in [0.4, 0.5) is 0 Å². The summed E-state index contributed by atoms with van der Waals surface area (Å²) in [6, 6.07) is 0. The van der Waals surface area contributed by atoms with Crippen LogP contribution in [0.1, 0.15) is 53.4 Å². The zero-order valence-corrected chi connectivity index (χ0v) is 14.8. The van der Waals surface area contributed by atoms with Gasteiger partial charge in [0.15, 0.2) is 0 Å². The molecule has 3 nitrogen and oxygen atoms in total. The highest BCUT2D eigenvalue weighted by Crippen LogP contribution is 2.62. The largest absolute Gasteiger partial charge is 0.435 e. The lowest BCUT2D eigenvalue weighted by Crippen LogP contribution is -2.41. The predicted molar refractivity (Wildman–Crippen MR) is 88.4 cm³/mol. The molecule has 1 heterocycles. The van der Waals surface area contributed by atoms with Crippen LogP contribution in [0.2, 0.25) is 0 Å². The molecule has 3 aliphatic carbocycles. The third-order valence-corrected chi connectivity index (χ3v) is 7.27. The first-order chi connectivity index (χ1) is 10.9. The Morgan fingerprint density at radius 1 is 1.26 bits per heavy atom. The normalized spacial score (nSPS) is 51.3. The molecular weight excluding hydrogens is 288 g/mol. The van der Waals surface area contributed by atoms with Gasteiger partial charge in [0.25, 0.3) is 0 Å². The Balaban J connectivity index is 1.54. The molecule has 0 radical (unpaired) electrons. The van der Waals surface area contributed by atoms with Crippen molar-refractivity contribution in [2.45, 2.75) is 65.8 Å². The minimum absolute atomic E-state index is 0.0331. The van der Waals surface area contributed by atoms with Gasteiger partial charge in [-0.1, -0.05) is 39.3 Å². The van der Waals surface area contributed by atoms with E-state index in [-0.39, 0.29) is 29.7 Å². The molecule has 3 heteroatoms. The number of cyclic esters (lactones) is 1. The van der Waals surface area contributed by atoms with Crippen LogP contribution in [0.15, 0.2) is 12.2 Å². The second-order valence-electron chi connectivity index (χ2n) is 8.97. The van der Waals surface area contributed by atoms with E-state index in [1.54, 1.807) is 0 Å². The Labute approximate surface area is 139 Å². The SMILES string of the molecule is CC(C)[C@@H]1CC[C@@H](C)C[C@H]1O[C@@H]1OC(=O)[C@@]2(C)[C@@H]1[C@H]1C=C[C@@H]2C1. The Bertz CT molecular complexity index is 525. The lowest BCUT2D eigenvalue weighted by Gasteiger charge is -2.39. The maximum Gasteiger partial charge on any atom is 0.315 e. The maximum absolute atomic E-state index is 12.6. The number of carbonyl (C=O) groups is 1. The fraction of sp³-hybridized carbons (Fsp3) is 0.850. The summed E-state index contributed by atoms with van der Waals surface area (Å²) >= 11 is 0. The van der Waals surface area contributed by atoms with Crippen molar-refractivity contribution in [3.8, 4) is 0 Å². The van der Waals surface area contributed by atoms with Crippen molar-refractivity contribution in [1.29, 1.82) is 0 Å². The molecule has 2 saturated carbocycles. The van der Waals surface area contributed by atoms with Gasteiger partial charge >= 0.3 is 5.97 Å². The van der Waals surface area contributed by atoms with E-state index < -0.39 is 0 Å². The lowest BCUT2D eigenvalue weighted by atomic mass is 9.71. The van der Waals surface area contributed by atoms with Gasteiger partial charge < -0.3 is 9.47 Å². The molecule has 0 spiro atoms. The third-order valence-electron chi connectivity index (χ3n) is 7.27. The minimum Gasteiger partial charge on any atom is -0.435 e. The van der Waals surface area contributed by atoms with E-state index >= 15 is 0 Å². The molecule has 128 valence electrons. The summed E-state index contributed by atoms with van der Waals surface area (Å²) in [5.41, 5.74) is -0.350. The fourth-order valence-corrected chi connectivity index (χ4v) is 5.76. The van der Waals surface area contributed by atoms with Crippen molar-refractivity contribution in [2.75, 3.05) is 0 Å². The molecule has 0 amide bonds. The molecule has 4 aliphatic rings. The summed E-state index contributed by atoms with van der Waals surface area (Å²) in [5.74, 6) is 2.91. The summed E-state index contributed by atoms with van der Waals surface area (Å²) in [6.45, 7) is 9.00. The van der Waals surface area contributed by atoms with Gasteiger partial charge in [-0.25, -0.2) is 0 Å². The Morgan fingerprint density at radius 3 is 2.78 bits per heavy atom. The van der Waals surface area contributed by atoms with E-state index in [1.165, 1.54) is 12.8 Å². The second-order valence-corrected chi connectivity index (χ2v) is 8.97. The third kappa shape index (κ3) is 2.22. The molecule has 4 rings (SSSR count). The van der Waals surface area contributed by atoms with Crippen LogP contribution in [0, 0.1) is 40.9 Å². The van der Waals surface area contributed by atoms with E-state index in [0.29, 0.717) is 29.6 Å². The van der Waals surface area contributed by atoms with Crippen LogP contribution < -0.4 is 0 Å². The Kier molecular flexibility index (Phi) is 3.64. The first kappa shape index (κ1) is 15.7. The number of hydrogen-bond donors (Lipinski definition) is 0. The van der Waals surface area contributed by atoms with E-state index in [4.69, 9.17) is 9.47 Å². The van der Waals surface area contributed by atoms with Crippen molar-refractivity contribution in [3.63, 3.8) is 0 Å². The van der Waals surface area contributed by atoms with Gasteiger partial charge in [0.2, 0.25) is 6.29 Å². The molecule has 0 aromatic rings. The first-order valence-corrected chi connectivity index (χ1v) is 9.46. The molecular formula is C20H30O3. The van der Waals surface area contributed by atoms with Crippen LogP contribution in [-0.4, -0.2) is 18.4 Å². The Hall–Kier alpha value is -0.830. The fourth-order valence-electron chi connectivity index (χ4n) is 5.76. The van der Waals surface area contributed by atoms with Crippen LogP contribution >= 0.6 is 0 Å². The van der Waals surface area contributed by atoms with Gasteiger partial charge in [-0.2, -0.15) is 0 Å². The molecule has 8 atom stereocenters. The Morgan fingerprint density at radius 2 is 2.04 bits per heavy atom. The van der Waals surface area contributed by atoms with Crippen LogP contribution in [0.25, 0.3) is 0 Å². The number of esters is 1. The van der Waals surface area contributed by atoms with Crippen LogP contribution in [0.3, 0.4) is 0 Å². The number of carbonyl (C=O) groups excluding carboxylic acids is 1. The highest BCUT2D eigenvalue weighted by molar-refractivity contribution is 5.81. The van der Waals surface area contributed by atoms with E-state index in [2.05, 4.69) is 39.8 Å². The van der Waals surface area contributed by atoms with Crippen LogP contribution in [0.5, 0.6) is 0 Å². The van der Waals surface area contributed by atoms with Gasteiger partial charge in [0.1, 0.15) is 0 Å². The monoisotopic (exact) mass is 318 g/mol. The summed E-state index contributed by atoms with van der Waals surface area (Å²) < 4.78 is 12.3. The number of hydrogen-bond acceptors (Lipinski definition) is 3. The zero-order chi connectivity index (χ0) is 16.4. The molecule has 0 aromatic carbocycles. The topological polar surface area (TPSA) is 35.5 Å². The minimum atomic E-state index is -0.350. The van der Waals surface area contributed by atoms with Crippen LogP contribution in [-0.2, 0) is 14.3 Å². The van der Waals surface area contributed by atoms with Gasteiger partial charge in [0.05, 0.1) is 11.5 Å². The summed E-state index contributed by atoms with van der Waals surface area (Å²) in [7, 11) is 0. The predicted octanol–water partition coefficient (Wildman–Crippen LogP) is 4.18. The van der Waals surface area contributed by atoms with Gasteiger partial charge in [-0.15, -0.1) is 0 Å². The van der Waals surface area contributed by atoms with Crippen molar-refractivity contribution >= 4 is 5.97 Å². The van der Waals surface area contributed by atoms with E-state index in [0.717, 1.165) is 12.8 Å². The number of fused-ring (bicyclic) bond motifs is 5. The van der Waals surface area contributed by atoms with Gasteiger partial charge in [-0.05, 0) is 55.8 Å². The standard InChI is InChI=1S/C20H30O3/c1-11(2)15-8-5-12(3)9-16(15)22-18-17-13-6-7-14(10-13)20(17,4)19(21)23-18/h6-7,11-18H,5,8-10H2,1-4H3/t12-,13+,14-,15+,16-,17-,18-,20-/m1/s1. The number of allylic oxidation sites excluding steroid dienone is 2. The zero-order valence-electron chi connectivity index (χ0n) is 14.8. The molecule has 1 saturated heterocycles. The average Bonchev–Trinajstić information content (AvgIpc) is 3.12. The first-order valence-electron chi connectivity index (χ1n) is 9.46. The highest BCUT2D eigenvalue weighted by atomic mass is 16.7. The molecule has 1 aliphatic heterocycles. The molecule has 3 fully saturated rings. The van der Waals surface area contributed by atoms with Gasteiger partial charge in [0, 0.05) is 5.92 Å².